The second kappa shape index (κ2) is 7.14. The first kappa shape index (κ1) is 17.3. The Bertz CT molecular complexity index is 287. The molecule has 3 saturated carbocycles. The van der Waals surface area contributed by atoms with Crippen LogP contribution in [0.4, 0.5) is 0 Å². The van der Waals surface area contributed by atoms with Crippen LogP contribution in [0.5, 0.6) is 0 Å². The van der Waals surface area contributed by atoms with Gasteiger partial charge in [0, 0.05) is 0 Å². The number of rotatable bonds is 3. The molecule has 0 spiro atoms. The van der Waals surface area contributed by atoms with Gasteiger partial charge in [0.15, 0.2) is 0 Å². The second-order valence-corrected chi connectivity index (χ2v) is 22.5. The van der Waals surface area contributed by atoms with E-state index in [4.69, 9.17) is 11.2 Å². The van der Waals surface area contributed by atoms with Crippen LogP contribution in [0, 0.1) is 0 Å². The Labute approximate surface area is 148 Å². The third-order valence-corrected chi connectivity index (χ3v) is 21.9. The molecular weight excluding hydrogens is 480 g/mol. The molecule has 21 heavy (non-hydrogen) atoms. The van der Waals surface area contributed by atoms with Crippen molar-refractivity contribution in [2.45, 2.75) is 113 Å². The van der Waals surface area contributed by atoms with Gasteiger partial charge in [-0.1, -0.05) is 0 Å². The molecule has 0 N–H and O–H groups in total. The molecule has 3 aliphatic rings. The molecular formula is C18H33AuClP. The average Bonchev–Trinajstić information content (AvgIpc) is 2.57. The number of halogens is 1. The van der Waals surface area contributed by atoms with E-state index in [0.717, 1.165) is 17.0 Å². The Kier molecular flexibility index (Phi) is 5.88. The first-order valence-corrected chi connectivity index (χ1v) is 15.6. The zero-order valence-electron chi connectivity index (χ0n) is 13.5. The minimum atomic E-state index is -2.13. The van der Waals surface area contributed by atoms with Crippen molar-refractivity contribution in [1.29, 1.82) is 0 Å². The van der Waals surface area contributed by atoms with Gasteiger partial charge in [-0.2, -0.15) is 0 Å². The SMILES string of the molecule is Cl[P]([Au])(C1CCCCC1)(C1CCCCC1)C1CCCCC1. The molecule has 0 aromatic carbocycles. The van der Waals surface area contributed by atoms with Crippen molar-refractivity contribution in [2.75, 3.05) is 0 Å². The van der Waals surface area contributed by atoms with Gasteiger partial charge in [-0.25, -0.2) is 0 Å². The summed E-state index contributed by atoms with van der Waals surface area (Å²) >= 11 is 11.1. The Hall–Kier alpha value is 1.46. The van der Waals surface area contributed by atoms with Gasteiger partial charge in [-0.3, -0.25) is 0 Å². The van der Waals surface area contributed by atoms with Crippen LogP contribution in [0.3, 0.4) is 0 Å². The molecule has 0 unspecified atom stereocenters. The van der Waals surface area contributed by atoms with Gasteiger partial charge in [-0.05, 0) is 0 Å². The summed E-state index contributed by atoms with van der Waals surface area (Å²) in [4.78, 5) is 0. The van der Waals surface area contributed by atoms with Crippen LogP contribution < -0.4 is 0 Å². The van der Waals surface area contributed by atoms with Crippen LogP contribution >= 0.6 is 15.1 Å². The van der Waals surface area contributed by atoms with Crippen molar-refractivity contribution in [3.8, 4) is 0 Å². The molecule has 0 aromatic rings. The molecule has 0 aromatic heterocycles. The summed E-state index contributed by atoms with van der Waals surface area (Å²) in [7, 11) is 0. The molecule has 0 atom stereocenters. The molecule has 3 aliphatic carbocycles. The quantitative estimate of drug-likeness (QED) is 0.278. The van der Waals surface area contributed by atoms with Crippen LogP contribution in [0.15, 0.2) is 0 Å². The maximum absolute atomic E-state index is 7.94. The normalized spacial score (nSPS) is 30.0. The summed E-state index contributed by atoms with van der Waals surface area (Å²) in [5.41, 5.74) is 2.67. The zero-order chi connectivity index (χ0) is 14.8. The Morgan fingerprint density at radius 1 is 0.524 bits per heavy atom. The fourth-order valence-corrected chi connectivity index (χ4v) is 18.1. The van der Waals surface area contributed by atoms with E-state index in [-0.39, 0.29) is 0 Å². The Morgan fingerprint density at radius 3 is 1.00 bits per heavy atom. The monoisotopic (exact) mass is 512 g/mol. The minimum absolute atomic E-state index is 0.890. The summed E-state index contributed by atoms with van der Waals surface area (Å²) < 4.78 is -2.13. The standard InChI is InChI=1S/C18H33ClP.Au/c19-20(16-10-4-1-5-11-16,17-12-6-2-7-13-17)18-14-8-3-9-15-18;/h16-18H,1-15H2;/q+1;-1. The van der Waals surface area contributed by atoms with Crippen molar-refractivity contribution < 1.29 is 20.5 Å². The van der Waals surface area contributed by atoms with Crippen molar-refractivity contribution >= 4 is 15.1 Å². The van der Waals surface area contributed by atoms with Crippen molar-refractivity contribution in [1.82, 2.24) is 0 Å². The topological polar surface area (TPSA) is 0 Å². The fourth-order valence-electron chi connectivity index (χ4n) is 5.56. The molecule has 0 saturated heterocycles. The molecule has 128 valence electrons. The summed E-state index contributed by atoms with van der Waals surface area (Å²) in [5, 5.41) is 0. The van der Waals surface area contributed by atoms with Crippen LogP contribution in [-0.4, -0.2) is 17.0 Å². The van der Waals surface area contributed by atoms with Gasteiger partial charge in [0.2, 0.25) is 0 Å². The van der Waals surface area contributed by atoms with Gasteiger partial charge in [0.25, 0.3) is 0 Å². The first-order chi connectivity index (χ1) is 10.1. The van der Waals surface area contributed by atoms with E-state index in [1.165, 1.54) is 96.3 Å². The van der Waals surface area contributed by atoms with Crippen LogP contribution in [0.25, 0.3) is 0 Å². The second-order valence-electron chi connectivity index (χ2n) is 7.90. The molecule has 3 rings (SSSR count). The molecule has 3 fully saturated rings. The Morgan fingerprint density at radius 2 is 0.762 bits per heavy atom. The first-order valence-electron chi connectivity index (χ1n) is 9.53. The van der Waals surface area contributed by atoms with E-state index in [0.29, 0.717) is 0 Å². The van der Waals surface area contributed by atoms with E-state index < -0.39 is 3.85 Å². The summed E-state index contributed by atoms with van der Waals surface area (Å²) in [6, 6.07) is 0. The third-order valence-electron chi connectivity index (χ3n) is 6.73. The molecule has 0 heterocycles. The van der Waals surface area contributed by atoms with Gasteiger partial charge in [0.1, 0.15) is 0 Å². The van der Waals surface area contributed by atoms with Crippen LogP contribution in [0.2, 0.25) is 0 Å². The van der Waals surface area contributed by atoms with E-state index >= 15 is 0 Å². The fraction of sp³-hybridized carbons (Fsp3) is 1.00. The van der Waals surface area contributed by atoms with Gasteiger partial charge < -0.3 is 0 Å². The van der Waals surface area contributed by atoms with Crippen molar-refractivity contribution in [2.24, 2.45) is 0 Å². The maximum atomic E-state index is 7.94. The summed E-state index contributed by atoms with van der Waals surface area (Å²) in [6.45, 7) is 0. The zero-order valence-corrected chi connectivity index (χ0v) is 17.3. The summed E-state index contributed by atoms with van der Waals surface area (Å²) in [6.07, 6.45) is 21.8. The van der Waals surface area contributed by atoms with Gasteiger partial charge in [-0.15, -0.1) is 0 Å². The summed E-state index contributed by atoms with van der Waals surface area (Å²) in [5.74, 6) is 0. The van der Waals surface area contributed by atoms with Crippen molar-refractivity contribution in [3.63, 3.8) is 0 Å². The van der Waals surface area contributed by atoms with E-state index in [1.807, 2.05) is 0 Å². The van der Waals surface area contributed by atoms with E-state index in [9.17, 15) is 0 Å². The molecule has 0 aliphatic heterocycles. The van der Waals surface area contributed by atoms with Gasteiger partial charge >= 0.3 is 149 Å². The molecule has 3 heteroatoms. The molecule has 0 nitrogen and oxygen atoms in total. The number of hydrogen-bond donors (Lipinski definition) is 0. The Balaban J connectivity index is 1.90. The molecule has 0 amide bonds. The van der Waals surface area contributed by atoms with Crippen molar-refractivity contribution in [3.05, 3.63) is 0 Å². The predicted octanol–water partition coefficient (Wildman–Crippen LogP) is 7.15. The van der Waals surface area contributed by atoms with E-state index in [1.54, 1.807) is 0 Å². The molecule has 0 bridgehead atoms. The van der Waals surface area contributed by atoms with Crippen LogP contribution in [0.1, 0.15) is 96.3 Å². The van der Waals surface area contributed by atoms with Gasteiger partial charge in [0.05, 0.1) is 0 Å². The van der Waals surface area contributed by atoms with Crippen LogP contribution in [-0.2, 0) is 20.5 Å². The predicted molar refractivity (Wildman–Crippen MR) is 93.4 cm³/mol. The van der Waals surface area contributed by atoms with E-state index in [2.05, 4.69) is 20.5 Å². The molecule has 0 radical (unpaired) electrons. The number of hydrogen-bond acceptors (Lipinski definition) is 0. The average molecular weight is 513 g/mol. The third kappa shape index (κ3) is 3.32.